The third-order valence-electron chi connectivity index (χ3n) is 2.67. The Morgan fingerprint density at radius 1 is 1.32 bits per heavy atom. The molecule has 0 saturated carbocycles. The molecule has 0 aliphatic carbocycles. The minimum Gasteiger partial charge on any atom is -0.365 e. The Hall–Kier alpha value is -2.47. The molecule has 0 aliphatic heterocycles. The third-order valence-corrected chi connectivity index (χ3v) is 2.89. The summed E-state index contributed by atoms with van der Waals surface area (Å²) in [5, 5.41) is 4.37. The molecule has 6 nitrogen and oxygen atoms in total. The van der Waals surface area contributed by atoms with Crippen LogP contribution in [0.3, 0.4) is 0 Å². The molecule has 0 unspecified atom stereocenters. The first-order valence-corrected chi connectivity index (χ1v) is 5.72. The molecular formula is C12H7ClN5O. The molecule has 3 rings (SSSR count). The third kappa shape index (κ3) is 1.92. The predicted octanol–water partition coefficient (Wildman–Crippen LogP) is 1.34. The SMILES string of the molecule is NC(=O)c1ccc(-c2ccc(Cl)nc2)n2n[c]nc12. The molecule has 7 heteroatoms. The molecule has 3 aromatic rings. The van der Waals surface area contributed by atoms with Gasteiger partial charge in [0.2, 0.25) is 6.33 Å². The molecule has 2 N–H and O–H groups in total. The number of halogens is 1. The number of fused-ring (bicyclic) bond motifs is 1. The molecule has 3 heterocycles. The average molecular weight is 273 g/mol. The van der Waals surface area contributed by atoms with E-state index < -0.39 is 5.91 Å². The minimum absolute atomic E-state index is 0.291. The second-order valence-corrected chi connectivity index (χ2v) is 4.20. The molecule has 0 atom stereocenters. The lowest BCUT2D eigenvalue weighted by Gasteiger charge is -2.06. The number of nitrogens with zero attached hydrogens (tertiary/aromatic N) is 4. The Bertz CT molecular complexity index is 765. The van der Waals surface area contributed by atoms with E-state index in [4.69, 9.17) is 17.3 Å². The van der Waals surface area contributed by atoms with Crippen molar-refractivity contribution in [1.82, 2.24) is 19.6 Å². The second-order valence-electron chi connectivity index (χ2n) is 3.81. The molecule has 3 aromatic heterocycles. The maximum Gasteiger partial charge on any atom is 0.252 e. The summed E-state index contributed by atoms with van der Waals surface area (Å²) in [6.07, 6.45) is 4.08. The van der Waals surface area contributed by atoms with Crippen LogP contribution < -0.4 is 5.73 Å². The van der Waals surface area contributed by atoms with E-state index in [1.807, 2.05) is 0 Å². The van der Waals surface area contributed by atoms with Crippen molar-refractivity contribution in [2.75, 3.05) is 0 Å². The zero-order chi connectivity index (χ0) is 13.4. The molecule has 0 fully saturated rings. The predicted molar refractivity (Wildman–Crippen MR) is 68.6 cm³/mol. The summed E-state index contributed by atoms with van der Waals surface area (Å²) in [5.74, 6) is -0.563. The van der Waals surface area contributed by atoms with Crippen LogP contribution in [0.2, 0.25) is 5.15 Å². The quantitative estimate of drug-likeness (QED) is 0.713. The van der Waals surface area contributed by atoms with Crippen molar-refractivity contribution in [3.63, 3.8) is 0 Å². The van der Waals surface area contributed by atoms with Gasteiger partial charge in [0.05, 0.1) is 11.3 Å². The highest BCUT2D eigenvalue weighted by atomic mass is 35.5. The van der Waals surface area contributed by atoms with E-state index >= 15 is 0 Å². The van der Waals surface area contributed by atoms with Crippen LogP contribution in [0.1, 0.15) is 10.4 Å². The molecule has 0 aromatic carbocycles. The summed E-state index contributed by atoms with van der Waals surface area (Å²) >= 11 is 5.75. The molecule has 0 bridgehead atoms. The van der Waals surface area contributed by atoms with Crippen LogP contribution in [0, 0.1) is 6.33 Å². The molecule has 93 valence electrons. The maximum atomic E-state index is 11.3. The van der Waals surface area contributed by atoms with Gasteiger partial charge < -0.3 is 5.73 Å². The monoisotopic (exact) mass is 272 g/mol. The first-order chi connectivity index (χ1) is 9.16. The fourth-order valence-electron chi connectivity index (χ4n) is 1.80. The molecule has 0 saturated heterocycles. The first kappa shape index (κ1) is 11.6. The van der Waals surface area contributed by atoms with Crippen molar-refractivity contribution in [2.24, 2.45) is 5.73 Å². The van der Waals surface area contributed by atoms with Gasteiger partial charge in [-0.2, -0.15) is 0 Å². The molecule has 19 heavy (non-hydrogen) atoms. The van der Waals surface area contributed by atoms with Crippen LogP contribution in [0.25, 0.3) is 16.9 Å². The van der Waals surface area contributed by atoms with Crippen LogP contribution in [-0.2, 0) is 0 Å². The van der Waals surface area contributed by atoms with Gasteiger partial charge in [-0.15, -0.1) is 5.10 Å². The number of primary amides is 1. The van der Waals surface area contributed by atoms with Gasteiger partial charge in [-0.05, 0) is 24.3 Å². The molecule has 0 spiro atoms. The van der Waals surface area contributed by atoms with E-state index in [0.717, 1.165) is 11.3 Å². The highest BCUT2D eigenvalue weighted by molar-refractivity contribution is 6.29. The van der Waals surface area contributed by atoms with Crippen molar-refractivity contribution >= 4 is 23.2 Å². The molecule has 0 aliphatic rings. The van der Waals surface area contributed by atoms with Crippen LogP contribution in [0.5, 0.6) is 0 Å². The van der Waals surface area contributed by atoms with E-state index in [0.29, 0.717) is 16.4 Å². The Morgan fingerprint density at radius 2 is 2.16 bits per heavy atom. The van der Waals surface area contributed by atoms with Crippen molar-refractivity contribution in [3.05, 3.63) is 47.5 Å². The van der Waals surface area contributed by atoms with Crippen LogP contribution in [-0.4, -0.2) is 25.5 Å². The summed E-state index contributed by atoms with van der Waals surface area (Å²) in [6, 6.07) is 6.80. The standard InChI is InChI=1S/C12H7ClN5O/c13-10-4-1-7(5-15-10)9-3-2-8(11(14)19)12-16-6-17-18(9)12/h1-5H,(H2,14,19). The number of carbonyl (C=O) groups excluding carboxylic acids is 1. The van der Waals surface area contributed by atoms with Crippen LogP contribution in [0.4, 0.5) is 0 Å². The smallest absolute Gasteiger partial charge is 0.252 e. The number of hydrogen-bond acceptors (Lipinski definition) is 4. The van der Waals surface area contributed by atoms with Gasteiger partial charge in [-0.1, -0.05) is 11.6 Å². The van der Waals surface area contributed by atoms with Crippen molar-refractivity contribution in [1.29, 1.82) is 0 Å². The van der Waals surface area contributed by atoms with Gasteiger partial charge >= 0.3 is 0 Å². The van der Waals surface area contributed by atoms with Crippen molar-refractivity contribution in [3.8, 4) is 11.3 Å². The minimum atomic E-state index is -0.563. The Balaban J connectivity index is 2.26. The van der Waals surface area contributed by atoms with Crippen LogP contribution in [0.15, 0.2) is 30.5 Å². The Labute approximate surface area is 112 Å². The van der Waals surface area contributed by atoms with Gasteiger partial charge in [-0.3, -0.25) is 4.79 Å². The zero-order valence-electron chi connectivity index (χ0n) is 9.54. The zero-order valence-corrected chi connectivity index (χ0v) is 10.3. The van der Waals surface area contributed by atoms with Gasteiger partial charge in [0.1, 0.15) is 5.15 Å². The van der Waals surface area contributed by atoms with E-state index in [1.165, 1.54) is 4.52 Å². The molecule has 1 radical (unpaired) electrons. The van der Waals surface area contributed by atoms with Gasteiger partial charge in [0, 0.05) is 11.8 Å². The number of hydrogen-bond donors (Lipinski definition) is 1. The number of amides is 1. The fraction of sp³-hybridized carbons (Fsp3) is 0. The maximum absolute atomic E-state index is 11.3. The van der Waals surface area contributed by atoms with Gasteiger partial charge in [-0.25, -0.2) is 14.5 Å². The summed E-state index contributed by atoms with van der Waals surface area (Å²) in [5.41, 5.74) is 7.45. The topological polar surface area (TPSA) is 86.2 Å². The van der Waals surface area contributed by atoms with E-state index in [2.05, 4.69) is 21.4 Å². The lowest BCUT2D eigenvalue weighted by atomic mass is 10.1. The molecular weight excluding hydrogens is 266 g/mol. The molecule has 1 amide bonds. The van der Waals surface area contributed by atoms with Gasteiger partial charge in [0.15, 0.2) is 5.65 Å². The number of aromatic nitrogens is 4. The van der Waals surface area contributed by atoms with Crippen molar-refractivity contribution in [2.45, 2.75) is 0 Å². The number of nitrogens with two attached hydrogens (primary N) is 1. The largest absolute Gasteiger partial charge is 0.365 e. The second kappa shape index (κ2) is 4.33. The Kier molecular flexibility index (Phi) is 2.64. The number of carbonyl (C=O) groups is 1. The normalized spacial score (nSPS) is 10.8. The van der Waals surface area contributed by atoms with Crippen molar-refractivity contribution < 1.29 is 4.79 Å². The van der Waals surface area contributed by atoms with Crippen LogP contribution >= 0.6 is 11.6 Å². The van der Waals surface area contributed by atoms with E-state index in [9.17, 15) is 4.79 Å². The summed E-state index contributed by atoms with van der Waals surface area (Å²) < 4.78 is 1.49. The summed E-state index contributed by atoms with van der Waals surface area (Å²) in [4.78, 5) is 19.2. The average Bonchev–Trinajstić information content (AvgIpc) is 2.87. The lowest BCUT2D eigenvalue weighted by Crippen LogP contribution is -2.13. The summed E-state index contributed by atoms with van der Waals surface area (Å²) in [6.45, 7) is 0. The fourth-order valence-corrected chi connectivity index (χ4v) is 1.91. The van der Waals surface area contributed by atoms with Gasteiger partial charge in [0.25, 0.3) is 5.91 Å². The number of rotatable bonds is 2. The first-order valence-electron chi connectivity index (χ1n) is 5.34. The summed E-state index contributed by atoms with van der Waals surface area (Å²) in [7, 11) is 0. The highest BCUT2D eigenvalue weighted by Gasteiger charge is 2.13. The number of pyridine rings is 2. The van der Waals surface area contributed by atoms with E-state index in [1.54, 1.807) is 30.5 Å². The highest BCUT2D eigenvalue weighted by Crippen LogP contribution is 2.21. The van der Waals surface area contributed by atoms with E-state index in [-0.39, 0.29) is 0 Å². The Morgan fingerprint density at radius 3 is 2.84 bits per heavy atom. The lowest BCUT2D eigenvalue weighted by molar-refractivity contribution is 0.100.